The lowest BCUT2D eigenvalue weighted by Gasteiger charge is -2.05. The van der Waals surface area contributed by atoms with Gasteiger partial charge in [0.2, 0.25) is 0 Å². The number of allylic oxidation sites excluding steroid dienone is 1. The summed E-state index contributed by atoms with van der Waals surface area (Å²) >= 11 is 0. The molecule has 0 aromatic heterocycles. The zero-order valence-electron chi connectivity index (χ0n) is 11.0. The van der Waals surface area contributed by atoms with Crippen molar-refractivity contribution < 1.29 is 0 Å². The Morgan fingerprint density at radius 2 is 1.58 bits per heavy atom. The first kappa shape index (κ1) is 13.2. The largest absolute Gasteiger partial charge is 0.102 e. The van der Waals surface area contributed by atoms with Crippen LogP contribution in [0.3, 0.4) is 0 Å². The molecule has 0 aliphatic rings. The van der Waals surface area contributed by atoms with Gasteiger partial charge in [0.25, 0.3) is 0 Å². The van der Waals surface area contributed by atoms with Crippen molar-refractivity contribution in [2.24, 2.45) is 5.92 Å². The summed E-state index contributed by atoms with van der Waals surface area (Å²) in [6.45, 7) is 3.88. The lowest BCUT2D eigenvalue weighted by Crippen LogP contribution is -1.95. The maximum Gasteiger partial charge on any atom is 0.0386 e. The molecule has 0 fully saturated rings. The van der Waals surface area contributed by atoms with Crippen LogP contribution < -0.4 is 0 Å². The van der Waals surface area contributed by atoms with Crippen molar-refractivity contribution in [3.63, 3.8) is 0 Å². The van der Waals surface area contributed by atoms with Gasteiger partial charge in [-0.05, 0) is 30.5 Å². The molecule has 0 N–H and O–H groups in total. The van der Waals surface area contributed by atoms with Crippen LogP contribution in [0.2, 0.25) is 0 Å². The van der Waals surface area contributed by atoms with Gasteiger partial charge in [0.05, 0.1) is 0 Å². The maximum atomic E-state index is 3.88. The molecule has 0 saturated carbocycles. The van der Waals surface area contributed by atoms with E-state index < -0.39 is 0 Å². The molecule has 0 heterocycles. The number of hydrogen-bond acceptors (Lipinski definition) is 0. The van der Waals surface area contributed by atoms with E-state index in [0.717, 1.165) is 18.4 Å². The molecule has 0 radical (unpaired) electrons. The van der Waals surface area contributed by atoms with Crippen LogP contribution in [0.25, 0.3) is 0 Å². The molecule has 0 aliphatic carbocycles. The molecule has 0 unspecified atom stereocenters. The first-order valence-corrected chi connectivity index (χ1v) is 6.61. The van der Waals surface area contributed by atoms with Crippen molar-refractivity contribution in [2.45, 2.75) is 12.8 Å². The van der Waals surface area contributed by atoms with Crippen LogP contribution in [0.1, 0.15) is 17.5 Å². The molecule has 94 valence electrons. The van der Waals surface area contributed by atoms with E-state index in [4.69, 9.17) is 0 Å². The van der Waals surface area contributed by atoms with Gasteiger partial charge in [-0.1, -0.05) is 66.4 Å². The first-order chi connectivity index (χ1) is 9.38. The lowest BCUT2D eigenvalue weighted by molar-refractivity contribution is 0.729. The van der Waals surface area contributed by atoms with Gasteiger partial charge >= 0.3 is 0 Å². The van der Waals surface area contributed by atoms with Crippen molar-refractivity contribution in [1.29, 1.82) is 0 Å². The van der Waals surface area contributed by atoms with Crippen LogP contribution in [-0.2, 0) is 6.42 Å². The molecule has 1 atom stereocenters. The van der Waals surface area contributed by atoms with Gasteiger partial charge in [0.1, 0.15) is 0 Å². The fourth-order valence-electron chi connectivity index (χ4n) is 1.91. The fourth-order valence-corrected chi connectivity index (χ4v) is 1.91. The van der Waals surface area contributed by atoms with E-state index in [1.165, 1.54) is 5.56 Å². The lowest BCUT2D eigenvalue weighted by atomic mass is 9.99. The van der Waals surface area contributed by atoms with Gasteiger partial charge in [-0.2, -0.15) is 0 Å². The van der Waals surface area contributed by atoms with E-state index in [0.29, 0.717) is 0 Å². The first-order valence-electron chi connectivity index (χ1n) is 6.61. The molecule has 2 aromatic rings. The zero-order chi connectivity index (χ0) is 13.3. The molecule has 0 saturated heterocycles. The summed E-state index contributed by atoms with van der Waals surface area (Å²) in [7, 11) is 0. The summed E-state index contributed by atoms with van der Waals surface area (Å²) in [5.41, 5.74) is 2.42. The van der Waals surface area contributed by atoms with Gasteiger partial charge in [0, 0.05) is 11.5 Å². The summed E-state index contributed by atoms with van der Waals surface area (Å²) < 4.78 is 0. The maximum absolute atomic E-state index is 3.88. The highest BCUT2D eigenvalue weighted by atomic mass is 14.0. The van der Waals surface area contributed by atoms with Gasteiger partial charge in [-0.25, -0.2) is 0 Å². The number of hydrogen-bond donors (Lipinski definition) is 0. The zero-order valence-corrected chi connectivity index (χ0v) is 11.0. The highest BCUT2D eigenvalue weighted by molar-refractivity contribution is 5.34. The molecule has 0 aliphatic heterocycles. The van der Waals surface area contributed by atoms with E-state index in [1.54, 1.807) is 0 Å². The van der Waals surface area contributed by atoms with Crippen molar-refractivity contribution in [2.75, 3.05) is 0 Å². The third-order valence-corrected chi connectivity index (χ3v) is 3.05. The van der Waals surface area contributed by atoms with Crippen molar-refractivity contribution in [3.8, 4) is 11.8 Å². The van der Waals surface area contributed by atoms with E-state index in [-0.39, 0.29) is 5.92 Å². The minimum Gasteiger partial charge on any atom is -0.102 e. The van der Waals surface area contributed by atoms with Crippen LogP contribution in [-0.4, -0.2) is 0 Å². The molecule has 0 heteroatoms. The predicted octanol–water partition coefficient (Wildman–Crippen LogP) is 4.47. The summed E-state index contributed by atoms with van der Waals surface area (Å²) in [5, 5.41) is 0. The van der Waals surface area contributed by atoms with Crippen LogP contribution in [0, 0.1) is 17.8 Å². The Morgan fingerprint density at radius 3 is 2.21 bits per heavy atom. The summed E-state index contributed by atoms with van der Waals surface area (Å²) in [6, 6.07) is 20.6. The topological polar surface area (TPSA) is 0 Å². The second kappa shape index (κ2) is 7.24. The van der Waals surface area contributed by atoms with Crippen LogP contribution in [0.15, 0.2) is 73.3 Å². The summed E-state index contributed by atoms with van der Waals surface area (Å²) in [6.07, 6.45) is 4.01. The Labute approximate surface area is 115 Å². The van der Waals surface area contributed by atoms with Crippen molar-refractivity contribution >= 4 is 0 Å². The van der Waals surface area contributed by atoms with E-state index in [9.17, 15) is 0 Å². The Balaban J connectivity index is 1.94. The van der Waals surface area contributed by atoms with E-state index in [1.807, 2.05) is 42.5 Å². The van der Waals surface area contributed by atoms with Gasteiger partial charge < -0.3 is 0 Å². The molecule has 19 heavy (non-hydrogen) atoms. The normalized spacial score (nSPS) is 11.2. The SMILES string of the molecule is C=C[C@@H](C#Cc1ccccc1)CCc1ccccc1. The standard InChI is InChI=1S/C19H18/c1-2-17(13-15-18-9-5-3-6-10-18)14-16-19-11-7-4-8-12-19/h2-12,17H,1,13,15H2/t17-/m1/s1. The number of benzene rings is 2. The second-order valence-electron chi connectivity index (χ2n) is 4.50. The molecule has 0 spiro atoms. The Hall–Kier alpha value is -2.26. The van der Waals surface area contributed by atoms with Crippen molar-refractivity contribution in [1.82, 2.24) is 0 Å². The number of rotatable bonds is 4. The van der Waals surface area contributed by atoms with Crippen molar-refractivity contribution in [3.05, 3.63) is 84.4 Å². The third-order valence-electron chi connectivity index (χ3n) is 3.05. The highest BCUT2D eigenvalue weighted by Crippen LogP contribution is 2.10. The fraction of sp³-hybridized carbons (Fsp3) is 0.158. The Kier molecular flexibility index (Phi) is 5.02. The molecule has 0 bridgehead atoms. The van der Waals surface area contributed by atoms with Crippen LogP contribution >= 0.6 is 0 Å². The van der Waals surface area contributed by atoms with E-state index >= 15 is 0 Å². The number of aryl methyl sites for hydroxylation is 1. The average molecular weight is 246 g/mol. The van der Waals surface area contributed by atoms with Gasteiger partial charge in [-0.3, -0.25) is 0 Å². The highest BCUT2D eigenvalue weighted by Gasteiger charge is 2.00. The molecule has 0 nitrogen and oxygen atoms in total. The Morgan fingerprint density at radius 1 is 0.947 bits per heavy atom. The van der Waals surface area contributed by atoms with Gasteiger partial charge in [-0.15, -0.1) is 6.58 Å². The van der Waals surface area contributed by atoms with Crippen LogP contribution in [0.5, 0.6) is 0 Å². The average Bonchev–Trinajstić information content (AvgIpc) is 2.49. The van der Waals surface area contributed by atoms with Gasteiger partial charge in [0.15, 0.2) is 0 Å². The molecular weight excluding hydrogens is 228 g/mol. The quantitative estimate of drug-likeness (QED) is 0.551. The molecule has 2 aromatic carbocycles. The second-order valence-corrected chi connectivity index (χ2v) is 4.50. The summed E-state index contributed by atoms with van der Waals surface area (Å²) in [5.74, 6) is 6.75. The van der Waals surface area contributed by atoms with E-state index in [2.05, 4.69) is 42.7 Å². The molecular formula is C19H18. The monoisotopic (exact) mass is 246 g/mol. The Bertz CT molecular complexity index is 555. The van der Waals surface area contributed by atoms with Crippen LogP contribution in [0.4, 0.5) is 0 Å². The predicted molar refractivity (Wildman–Crippen MR) is 81.8 cm³/mol. The minimum atomic E-state index is 0.250. The third kappa shape index (κ3) is 4.48. The molecule has 0 amide bonds. The molecule has 2 rings (SSSR count). The smallest absolute Gasteiger partial charge is 0.0386 e. The minimum absolute atomic E-state index is 0.250. The summed E-state index contributed by atoms with van der Waals surface area (Å²) in [4.78, 5) is 0.